The van der Waals surface area contributed by atoms with Crippen LogP contribution in [0.2, 0.25) is 0 Å². The maximum Gasteiger partial charge on any atom is 0.282 e. The Kier molecular flexibility index (Phi) is 6.48. The number of carbonyl (C=O) groups excluding carboxylic acids is 2. The summed E-state index contributed by atoms with van der Waals surface area (Å²) in [5, 5.41) is 27.9. The highest BCUT2D eigenvalue weighted by atomic mass is 16.6. The number of anilines is 2. The number of aryl methyl sites for hydroxylation is 2. The van der Waals surface area contributed by atoms with E-state index in [0.717, 1.165) is 0 Å². The molecular formula is C23H20N4O6. The normalized spacial score (nSPS) is 10.4. The molecular weight excluding hydrogens is 428 g/mol. The van der Waals surface area contributed by atoms with Gasteiger partial charge in [0.05, 0.1) is 9.85 Å². The third-order valence-electron chi connectivity index (χ3n) is 5.14. The Hall–Kier alpha value is -4.60. The van der Waals surface area contributed by atoms with Crippen molar-refractivity contribution in [1.82, 2.24) is 0 Å². The van der Waals surface area contributed by atoms with Crippen molar-refractivity contribution in [3.63, 3.8) is 0 Å². The first-order valence-electron chi connectivity index (χ1n) is 9.82. The molecule has 0 aliphatic carbocycles. The van der Waals surface area contributed by atoms with E-state index in [1.807, 2.05) is 0 Å². The summed E-state index contributed by atoms with van der Waals surface area (Å²) >= 11 is 0. The first kappa shape index (κ1) is 23.1. The number of benzene rings is 3. The van der Waals surface area contributed by atoms with Crippen LogP contribution in [-0.2, 0) is 0 Å². The number of nitrogens with one attached hydrogen (secondary N) is 2. The minimum absolute atomic E-state index is 0.104. The number of nitro groups is 2. The molecule has 0 spiro atoms. The second kappa shape index (κ2) is 9.27. The molecule has 0 atom stereocenters. The average molecular weight is 448 g/mol. The van der Waals surface area contributed by atoms with Crippen molar-refractivity contribution in [2.45, 2.75) is 20.8 Å². The number of hydrogen-bond donors (Lipinski definition) is 2. The lowest BCUT2D eigenvalue weighted by Gasteiger charge is -2.19. The Bertz CT molecular complexity index is 1210. The monoisotopic (exact) mass is 448 g/mol. The van der Waals surface area contributed by atoms with Crippen LogP contribution < -0.4 is 10.6 Å². The third kappa shape index (κ3) is 4.69. The molecule has 0 saturated heterocycles. The molecule has 0 fully saturated rings. The van der Waals surface area contributed by atoms with Crippen molar-refractivity contribution in [3.05, 3.63) is 103 Å². The third-order valence-corrected chi connectivity index (χ3v) is 5.14. The van der Waals surface area contributed by atoms with Gasteiger partial charge in [-0.3, -0.25) is 29.8 Å². The molecule has 0 radical (unpaired) electrons. The standard InChI is InChI=1S/C23H20N4O6/c1-13-12-14(2)21(25-23(29)17-9-5-7-11-19(17)27(32)33)15(3)20(13)24-22(28)16-8-4-6-10-18(16)26(30)31/h4-12H,1-3H3,(H,24,28)(H,25,29). The molecule has 3 aromatic carbocycles. The van der Waals surface area contributed by atoms with Crippen LogP contribution >= 0.6 is 0 Å². The van der Waals surface area contributed by atoms with E-state index in [1.165, 1.54) is 48.5 Å². The van der Waals surface area contributed by atoms with Crippen molar-refractivity contribution >= 4 is 34.6 Å². The van der Waals surface area contributed by atoms with Gasteiger partial charge in [0.25, 0.3) is 23.2 Å². The first-order chi connectivity index (χ1) is 15.6. The van der Waals surface area contributed by atoms with E-state index in [2.05, 4.69) is 10.6 Å². The number of carbonyl (C=O) groups is 2. The van der Waals surface area contributed by atoms with E-state index < -0.39 is 21.7 Å². The molecule has 2 amide bonds. The largest absolute Gasteiger partial charge is 0.321 e. The summed E-state index contributed by atoms with van der Waals surface area (Å²) in [6, 6.07) is 12.9. The molecule has 0 aliphatic heterocycles. The van der Waals surface area contributed by atoms with Crippen LogP contribution in [-0.4, -0.2) is 21.7 Å². The molecule has 10 heteroatoms. The fraction of sp³-hybridized carbons (Fsp3) is 0.130. The van der Waals surface area contributed by atoms with Gasteiger partial charge in [0.15, 0.2) is 0 Å². The predicted octanol–water partition coefficient (Wildman–Crippen LogP) is 4.93. The summed E-state index contributed by atoms with van der Waals surface area (Å²) < 4.78 is 0. The molecule has 33 heavy (non-hydrogen) atoms. The van der Waals surface area contributed by atoms with Gasteiger partial charge in [0.1, 0.15) is 11.1 Å². The van der Waals surface area contributed by atoms with Gasteiger partial charge in [0.2, 0.25) is 0 Å². The lowest BCUT2D eigenvalue weighted by atomic mass is 10.0. The zero-order valence-corrected chi connectivity index (χ0v) is 18.0. The number of para-hydroxylation sites is 2. The Morgan fingerprint density at radius 2 is 1.06 bits per heavy atom. The number of amides is 2. The molecule has 0 saturated carbocycles. The molecule has 0 aliphatic rings. The van der Waals surface area contributed by atoms with Crippen molar-refractivity contribution in [2.75, 3.05) is 10.6 Å². The van der Waals surface area contributed by atoms with E-state index in [1.54, 1.807) is 26.8 Å². The zero-order chi connectivity index (χ0) is 24.3. The molecule has 10 nitrogen and oxygen atoms in total. The highest BCUT2D eigenvalue weighted by Crippen LogP contribution is 2.33. The summed E-state index contributed by atoms with van der Waals surface area (Å²) in [5.41, 5.74) is 1.75. The molecule has 3 aromatic rings. The Labute approximate surface area is 188 Å². The SMILES string of the molecule is Cc1cc(C)c(NC(=O)c2ccccc2[N+](=O)[O-])c(C)c1NC(=O)c1ccccc1[N+](=O)[O-]. The number of nitrogens with zero attached hydrogens (tertiary/aromatic N) is 2. The van der Waals surface area contributed by atoms with Crippen LogP contribution in [0, 0.1) is 41.0 Å². The van der Waals surface area contributed by atoms with Crippen LogP contribution in [0.5, 0.6) is 0 Å². The Balaban J connectivity index is 1.98. The summed E-state index contributed by atoms with van der Waals surface area (Å²) in [6.45, 7) is 5.18. The lowest BCUT2D eigenvalue weighted by molar-refractivity contribution is -0.385. The Morgan fingerprint density at radius 1 is 0.697 bits per heavy atom. The van der Waals surface area contributed by atoms with Crippen molar-refractivity contribution < 1.29 is 19.4 Å². The van der Waals surface area contributed by atoms with Gasteiger partial charge in [-0.15, -0.1) is 0 Å². The number of hydrogen-bond acceptors (Lipinski definition) is 6. The summed E-state index contributed by atoms with van der Waals surface area (Å²) in [7, 11) is 0. The second-order valence-electron chi connectivity index (χ2n) is 7.34. The minimum atomic E-state index is -0.673. The highest BCUT2D eigenvalue weighted by Gasteiger charge is 2.23. The number of rotatable bonds is 6. The molecule has 0 aromatic heterocycles. The van der Waals surface area contributed by atoms with E-state index in [4.69, 9.17) is 0 Å². The average Bonchev–Trinajstić information content (AvgIpc) is 2.79. The van der Waals surface area contributed by atoms with Gasteiger partial charge in [-0.25, -0.2) is 0 Å². The lowest BCUT2D eigenvalue weighted by Crippen LogP contribution is -2.19. The van der Waals surface area contributed by atoms with Crippen LogP contribution in [0.1, 0.15) is 37.4 Å². The quantitative estimate of drug-likeness (QED) is 0.404. The van der Waals surface area contributed by atoms with Gasteiger partial charge >= 0.3 is 0 Å². The fourth-order valence-corrected chi connectivity index (χ4v) is 3.58. The van der Waals surface area contributed by atoms with E-state index >= 15 is 0 Å². The highest BCUT2D eigenvalue weighted by molar-refractivity contribution is 6.10. The molecule has 2 N–H and O–H groups in total. The summed E-state index contributed by atoms with van der Waals surface area (Å²) in [6.07, 6.45) is 0. The predicted molar refractivity (Wildman–Crippen MR) is 123 cm³/mol. The van der Waals surface area contributed by atoms with Gasteiger partial charge in [-0.2, -0.15) is 0 Å². The second-order valence-corrected chi connectivity index (χ2v) is 7.34. The van der Waals surface area contributed by atoms with Crippen LogP contribution in [0.3, 0.4) is 0 Å². The summed E-state index contributed by atoms with van der Waals surface area (Å²) in [4.78, 5) is 46.9. The topological polar surface area (TPSA) is 144 Å². The van der Waals surface area contributed by atoms with Gasteiger partial charge in [0, 0.05) is 23.5 Å². The van der Waals surface area contributed by atoms with Crippen molar-refractivity contribution in [2.24, 2.45) is 0 Å². The van der Waals surface area contributed by atoms with Crippen LogP contribution in [0.25, 0.3) is 0 Å². The van der Waals surface area contributed by atoms with Crippen molar-refractivity contribution in [1.29, 1.82) is 0 Å². The van der Waals surface area contributed by atoms with E-state index in [9.17, 15) is 29.8 Å². The van der Waals surface area contributed by atoms with Gasteiger partial charge in [-0.05, 0) is 49.6 Å². The molecule has 168 valence electrons. The Morgan fingerprint density at radius 3 is 1.42 bits per heavy atom. The molecule has 3 rings (SSSR count). The first-order valence-corrected chi connectivity index (χ1v) is 9.82. The van der Waals surface area contributed by atoms with E-state index in [-0.39, 0.29) is 22.5 Å². The van der Waals surface area contributed by atoms with Crippen LogP contribution in [0.15, 0.2) is 54.6 Å². The maximum atomic E-state index is 12.8. The van der Waals surface area contributed by atoms with Crippen LogP contribution in [0.4, 0.5) is 22.7 Å². The molecule has 0 heterocycles. The summed E-state index contributed by atoms with van der Waals surface area (Å²) in [5.74, 6) is -1.35. The smallest absolute Gasteiger partial charge is 0.282 e. The maximum absolute atomic E-state index is 12.8. The molecule has 0 unspecified atom stereocenters. The fourth-order valence-electron chi connectivity index (χ4n) is 3.58. The molecule has 0 bridgehead atoms. The van der Waals surface area contributed by atoms with E-state index in [0.29, 0.717) is 28.1 Å². The van der Waals surface area contributed by atoms with Crippen molar-refractivity contribution in [3.8, 4) is 0 Å². The van der Waals surface area contributed by atoms with Gasteiger partial charge in [-0.1, -0.05) is 30.3 Å². The zero-order valence-electron chi connectivity index (χ0n) is 18.0. The minimum Gasteiger partial charge on any atom is -0.321 e. The number of nitro benzene ring substituents is 2. The van der Waals surface area contributed by atoms with Gasteiger partial charge < -0.3 is 10.6 Å².